The Hall–Kier alpha value is -2.49. The first-order chi connectivity index (χ1) is 9.26. The molecule has 4 heteroatoms. The van der Waals surface area contributed by atoms with E-state index in [2.05, 4.69) is 15.3 Å². The number of para-hydroxylation sites is 2. The second kappa shape index (κ2) is 4.65. The minimum atomic E-state index is 0.713. The second-order valence-corrected chi connectivity index (χ2v) is 4.43. The summed E-state index contributed by atoms with van der Waals surface area (Å²) in [7, 11) is 1.66. The number of fused-ring (bicyclic) bond motifs is 1. The molecule has 1 aromatic heterocycles. The van der Waals surface area contributed by atoms with Crippen LogP contribution in [-0.4, -0.2) is 17.1 Å². The third-order valence-corrected chi connectivity index (χ3v) is 3.00. The molecule has 4 nitrogen and oxygen atoms in total. The minimum absolute atomic E-state index is 0.713. The summed E-state index contributed by atoms with van der Waals surface area (Å²) in [4.78, 5) is 7.73. The third kappa shape index (κ3) is 2.25. The molecule has 0 atom stereocenters. The van der Waals surface area contributed by atoms with Crippen molar-refractivity contribution < 1.29 is 4.74 Å². The standard InChI is InChI=1S/C15H15N3O/c1-10-7-8-14(19-2)13(9-10)18-15-16-11-5-3-4-6-12(11)17-15/h3-9H,1-2H3,(H2,16,17,18). The van der Waals surface area contributed by atoms with Gasteiger partial charge in [0.15, 0.2) is 0 Å². The molecule has 0 fully saturated rings. The number of nitrogens with zero attached hydrogens (tertiary/aromatic N) is 1. The van der Waals surface area contributed by atoms with Crippen LogP contribution in [0.2, 0.25) is 0 Å². The van der Waals surface area contributed by atoms with Crippen LogP contribution in [-0.2, 0) is 0 Å². The highest BCUT2D eigenvalue weighted by molar-refractivity contribution is 5.78. The van der Waals surface area contributed by atoms with Gasteiger partial charge in [0, 0.05) is 0 Å². The van der Waals surface area contributed by atoms with Gasteiger partial charge < -0.3 is 15.0 Å². The van der Waals surface area contributed by atoms with Gasteiger partial charge in [0.05, 0.1) is 23.8 Å². The molecular weight excluding hydrogens is 238 g/mol. The number of H-pyrrole nitrogens is 1. The van der Waals surface area contributed by atoms with E-state index in [1.807, 2.05) is 49.4 Å². The van der Waals surface area contributed by atoms with Crippen molar-refractivity contribution in [3.63, 3.8) is 0 Å². The lowest BCUT2D eigenvalue weighted by Crippen LogP contribution is -1.96. The van der Waals surface area contributed by atoms with Crippen LogP contribution in [0.15, 0.2) is 42.5 Å². The van der Waals surface area contributed by atoms with E-state index in [0.717, 1.165) is 22.5 Å². The normalized spacial score (nSPS) is 10.6. The molecule has 0 amide bonds. The van der Waals surface area contributed by atoms with Crippen molar-refractivity contribution in [1.29, 1.82) is 0 Å². The molecule has 3 rings (SSSR count). The van der Waals surface area contributed by atoms with Gasteiger partial charge in [0.25, 0.3) is 0 Å². The predicted molar refractivity (Wildman–Crippen MR) is 77.1 cm³/mol. The van der Waals surface area contributed by atoms with Gasteiger partial charge in [0.1, 0.15) is 5.75 Å². The maximum Gasteiger partial charge on any atom is 0.205 e. The van der Waals surface area contributed by atoms with Crippen LogP contribution in [0, 0.1) is 6.92 Å². The van der Waals surface area contributed by atoms with E-state index in [1.165, 1.54) is 5.56 Å². The molecule has 0 aliphatic carbocycles. The van der Waals surface area contributed by atoms with E-state index in [4.69, 9.17) is 4.74 Å². The highest BCUT2D eigenvalue weighted by Gasteiger charge is 2.06. The molecule has 3 aromatic rings. The molecule has 0 radical (unpaired) electrons. The number of ether oxygens (including phenoxy) is 1. The second-order valence-electron chi connectivity index (χ2n) is 4.43. The summed E-state index contributed by atoms with van der Waals surface area (Å²) in [5.41, 5.74) is 4.02. The third-order valence-electron chi connectivity index (χ3n) is 3.00. The Bertz CT molecular complexity index is 685. The first-order valence-corrected chi connectivity index (χ1v) is 6.12. The van der Waals surface area contributed by atoms with E-state index < -0.39 is 0 Å². The molecule has 0 spiro atoms. The van der Waals surface area contributed by atoms with Crippen molar-refractivity contribution >= 4 is 22.7 Å². The summed E-state index contributed by atoms with van der Waals surface area (Å²) < 4.78 is 5.34. The van der Waals surface area contributed by atoms with E-state index in [0.29, 0.717) is 5.95 Å². The van der Waals surface area contributed by atoms with E-state index in [9.17, 15) is 0 Å². The first-order valence-electron chi connectivity index (χ1n) is 6.12. The number of aromatic nitrogens is 2. The van der Waals surface area contributed by atoms with Gasteiger partial charge in [-0.3, -0.25) is 0 Å². The van der Waals surface area contributed by atoms with Gasteiger partial charge >= 0.3 is 0 Å². The fourth-order valence-electron chi connectivity index (χ4n) is 2.06. The minimum Gasteiger partial charge on any atom is -0.495 e. The fourth-order valence-corrected chi connectivity index (χ4v) is 2.06. The SMILES string of the molecule is COc1ccc(C)cc1Nc1nc2ccccc2[nH]1. The maximum atomic E-state index is 5.34. The van der Waals surface area contributed by atoms with Gasteiger partial charge in [-0.25, -0.2) is 4.98 Å². The molecular formula is C15H15N3O. The Balaban J connectivity index is 1.98. The van der Waals surface area contributed by atoms with Gasteiger partial charge in [-0.05, 0) is 36.8 Å². The molecule has 2 aromatic carbocycles. The topological polar surface area (TPSA) is 49.9 Å². The number of nitrogens with one attached hydrogen (secondary N) is 2. The van der Waals surface area contributed by atoms with E-state index >= 15 is 0 Å². The molecule has 1 heterocycles. The van der Waals surface area contributed by atoms with Gasteiger partial charge in [-0.1, -0.05) is 18.2 Å². The summed E-state index contributed by atoms with van der Waals surface area (Å²) in [6.07, 6.45) is 0. The van der Waals surface area contributed by atoms with E-state index in [1.54, 1.807) is 7.11 Å². The quantitative estimate of drug-likeness (QED) is 0.749. The van der Waals surface area contributed by atoms with Gasteiger partial charge in [0.2, 0.25) is 5.95 Å². The van der Waals surface area contributed by atoms with Crippen LogP contribution in [0.25, 0.3) is 11.0 Å². The monoisotopic (exact) mass is 253 g/mol. The van der Waals surface area contributed by atoms with Gasteiger partial charge in [-0.2, -0.15) is 0 Å². The molecule has 96 valence electrons. The summed E-state index contributed by atoms with van der Waals surface area (Å²) in [6, 6.07) is 13.9. The lowest BCUT2D eigenvalue weighted by Gasteiger charge is -2.09. The summed E-state index contributed by atoms with van der Waals surface area (Å²) >= 11 is 0. The average Bonchev–Trinajstić information content (AvgIpc) is 2.81. The smallest absolute Gasteiger partial charge is 0.205 e. The van der Waals surface area contributed by atoms with Crippen molar-refractivity contribution in [3.05, 3.63) is 48.0 Å². The van der Waals surface area contributed by atoms with Crippen molar-refractivity contribution in [1.82, 2.24) is 9.97 Å². The van der Waals surface area contributed by atoms with Crippen LogP contribution in [0.1, 0.15) is 5.56 Å². The van der Waals surface area contributed by atoms with Gasteiger partial charge in [-0.15, -0.1) is 0 Å². The van der Waals surface area contributed by atoms with Crippen LogP contribution in [0.4, 0.5) is 11.6 Å². The predicted octanol–water partition coefficient (Wildman–Crippen LogP) is 3.62. The van der Waals surface area contributed by atoms with Crippen molar-refractivity contribution in [3.8, 4) is 5.75 Å². The van der Waals surface area contributed by atoms with Crippen LogP contribution in [0.3, 0.4) is 0 Å². The molecule has 0 saturated heterocycles. The zero-order valence-corrected chi connectivity index (χ0v) is 10.9. The molecule has 0 aliphatic heterocycles. The zero-order valence-electron chi connectivity index (χ0n) is 10.9. The fraction of sp³-hybridized carbons (Fsp3) is 0.133. The number of benzene rings is 2. The van der Waals surface area contributed by atoms with Crippen LogP contribution < -0.4 is 10.1 Å². The Morgan fingerprint density at radius 3 is 2.79 bits per heavy atom. The van der Waals surface area contributed by atoms with Crippen molar-refractivity contribution in [2.45, 2.75) is 6.92 Å². The van der Waals surface area contributed by atoms with E-state index in [-0.39, 0.29) is 0 Å². The number of rotatable bonds is 3. The number of hydrogen-bond donors (Lipinski definition) is 2. The molecule has 2 N–H and O–H groups in total. The van der Waals surface area contributed by atoms with Crippen molar-refractivity contribution in [2.75, 3.05) is 12.4 Å². The summed E-state index contributed by atoms with van der Waals surface area (Å²) in [5, 5.41) is 3.26. The Morgan fingerprint density at radius 1 is 1.16 bits per heavy atom. The molecule has 0 unspecified atom stereocenters. The van der Waals surface area contributed by atoms with Crippen LogP contribution in [0.5, 0.6) is 5.75 Å². The van der Waals surface area contributed by atoms with Crippen molar-refractivity contribution in [2.24, 2.45) is 0 Å². The number of anilines is 2. The Labute approximate surface area is 111 Å². The number of imidazole rings is 1. The highest BCUT2D eigenvalue weighted by Crippen LogP contribution is 2.28. The first kappa shape index (κ1) is 11.6. The molecule has 0 aliphatic rings. The summed E-state index contributed by atoms with van der Waals surface area (Å²) in [5.74, 6) is 1.51. The molecule has 0 bridgehead atoms. The maximum absolute atomic E-state index is 5.34. The zero-order chi connectivity index (χ0) is 13.2. The number of aromatic amines is 1. The Kier molecular flexibility index (Phi) is 2.83. The number of aryl methyl sites for hydroxylation is 1. The lowest BCUT2D eigenvalue weighted by molar-refractivity contribution is 0.416. The number of hydrogen-bond acceptors (Lipinski definition) is 3. The number of methoxy groups -OCH3 is 1. The summed E-state index contributed by atoms with van der Waals surface area (Å²) in [6.45, 7) is 2.04. The van der Waals surface area contributed by atoms with Crippen LogP contribution >= 0.6 is 0 Å². The molecule has 19 heavy (non-hydrogen) atoms. The average molecular weight is 253 g/mol. The molecule has 0 saturated carbocycles. The lowest BCUT2D eigenvalue weighted by atomic mass is 10.2. The Morgan fingerprint density at radius 2 is 2.00 bits per heavy atom. The highest BCUT2D eigenvalue weighted by atomic mass is 16.5. The largest absolute Gasteiger partial charge is 0.495 e.